The maximum absolute atomic E-state index is 5.95. The first-order valence-electron chi connectivity index (χ1n) is 5.75. The van der Waals surface area contributed by atoms with Crippen LogP contribution in [0.15, 0.2) is 41.1 Å². The number of rotatable bonds is 3. The summed E-state index contributed by atoms with van der Waals surface area (Å²) in [5.74, 6) is 7.19. The van der Waals surface area contributed by atoms with Crippen LogP contribution in [0.4, 0.5) is 0 Å². The van der Waals surface area contributed by atoms with E-state index in [0.29, 0.717) is 6.61 Å². The molecule has 0 spiro atoms. The van der Waals surface area contributed by atoms with E-state index in [2.05, 4.69) is 10.8 Å². The van der Waals surface area contributed by atoms with Crippen LogP contribution >= 0.6 is 11.3 Å². The van der Waals surface area contributed by atoms with Gasteiger partial charge in [0, 0.05) is 0 Å². The lowest BCUT2D eigenvalue weighted by molar-refractivity contribution is 0.0618. The molecule has 1 aliphatic rings. The Morgan fingerprint density at radius 3 is 2.83 bits per heavy atom. The van der Waals surface area contributed by atoms with Gasteiger partial charge in [0.05, 0.1) is 6.04 Å². The van der Waals surface area contributed by atoms with Crippen LogP contribution in [0.1, 0.15) is 11.6 Å². The fraction of sp³-hybridized carbons (Fsp3) is 0.231. The Hall–Kier alpha value is -1.56. The van der Waals surface area contributed by atoms with Crippen molar-refractivity contribution in [2.75, 3.05) is 6.61 Å². The standard InChI is InChI=1S/C13H14N2O2S/c14-15-13(9-5-6-18-8-9)12-7-16-10-3-1-2-4-11(10)17-12/h1-6,8,12-13,15H,7,14H2. The molecule has 3 N–H and O–H groups in total. The van der Waals surface area contributed by atoms with Gasteiger partial charge in [0.15, 0.2) is 17.6 Å². The Morgan fingerprint density at radius 1 is 1.28 bits per heavy atom. The second-order valence-corrected chi connectivity index (χ2v) is 4.90. The van der Waals surface area contributed by atoms with Crippen molar-refractivity contribution in [3.63, 3.8) is 0 Å². The third-order valence-electron chi connectivity index (χ3n) is 2.98. The third-order valence-corrected chi connectivity index (χ3v) is 3.69. The minimum Gasteiger partial charge on any atom is -0.486 e. The molecule has 5 heteroatoms. The van der Waals surface area contributed by atoms with E-state index in [0.717, 1.165) is 17.1 Å². The van der Waals surface area contributed by atoms with E-state index < -0.39 is 0 Å². The molecule has 0 radical (unpaired) electrons. The normalized spacial score (nSPS) is 19.5. The molecule has 0 fully saturated rings. The van der Waals surface area contributed by atoms with E-state index in [4.69, 9.17) is 15.3 Å². The smallest absolute Gasteiger partial charge is 0.161 e. The predicted molar refractivity (Wildman–Crippen MR) is 70.7 cm³/mol. The molecular formula is C13H14N2O2S. The number of nitrogens with two attached hydrogens (primary N) is 1. The summed E-state index contributed by atoms with van der Waals surface area (Å²) in [5, 5.41) is 4.09. The van der Waals surface area contributed by atoms with Crippen molar-refractivity contribution in [2.24, 2.45) is 5.84 Å². The summed E-state index contributed by atoms with van der Waals surface area (Å²) in [6.07, 6.45) is -0.125. The summed E-state index contributed by atoms with van der Waals surface area (Å²) >= 11 is 1.64. The van der Waals surface area contributed by atoms with Crippen LogP contribution in [-0.2, 0) is 0 Å². The second kappa shape index (κ2) is 4.97. The molecule has 0 saturated heterocycles. The molecule has 2 unspecified atom stereocenters. The Labute approximate surface area is 109 Å². The van der Waals surface area contributed by atoms with E-state index in [-0.39, 0.29) is 12.1 Å². The minimum atomic E-state index is -0.125. The van der Waals surface area contributed by atoms with Gasteiger partial charge < -0.3 is 9.47 Å². The van der Waals surface area contributed by atoms with Crippen LogP contribution in [-0.4, -0.2) is 12.7 Å². The molecule has 18 heavy (non-hydrogen) atoms. The molecule has 0 saturated carbocycles. The molecule has 2 atom stereocenters. The number of fused-ring (bicyclic) bond motifs is 1. The zero-order valence-electron chi connectivity index (χ0n) is 9.71. The van der Waals surface area contributed by atoms with Crippen molar-refractivity contribution in [1.29, 1.82) is 0 Å². The topological polar surface area (TPSA) is 56.5 Å². The van der Waals surface area contributed by atoms with Crippen LogP contribution in [0.2, 0.25) is 0 Å². The number of ether oxygens (including phenoxy) is 2. The van der Waals surface area contributed by atoms with Crippen molar-refractivity contribution in [3.8, 4) is 11.5 Å². The maximum Gasteiger partial charge on any atom is 0.161 e. The summed E-state index contributed by atoms with van der Waals surface area (Å²) in [4.78, 5) is 0. The first-order valence-corrected chi connectivity index (χ1v) is 6.69. The fourth-order valence-electron chi connectivity index (χ4n) is 2.07. The monoisotopic (exact) mass is 262 g/mol. The molecule has 0 amide bonds. The molecule has 0 bridgehead atoms. The highest BCUT2D eigenvalue weighted by Gasteiger charge is 2.29. The van der Waals surface area contributed by atoms with Crippen LogP contribution in [0.25, 0.3) is 0 Å². The van der Waals surface area contributed by atoms with Gasteiger partial charge in [0.25, 0.3) is 0 Å². The van der Waals surface area contributed by atoms with Crippen LogP contribution in [0.3, 0.4) is 0 Å². The Kier molecular flexibility index (Phi) is 3.19. The predicted octanol–water partition coefficient (Wildman–Crippen LogP) is 2.09. The van der Waals surface area contributed by atoms with E-state index in [1.165, 1.54) is 0 Å². The molecule has 1 aliphatic heterocycles. The summed E-state index contributed by atoms with van der Waals surface area (Å²) in [5.41, 5.74) is 3.93. The highest BCUT2D eigenvalue weighted by molar-refractivity contribution is 7.07. The molecule has 1 aromatic carbocycles. The highest BCUT2D eigenvalue weighted by Crippen LogP contribution is 2.34. The number of hydrogen-bond donors (Lipinski definition) is 2. The number of hydrazine groups is 1. The third kappa shape index (κ3) is 2.08. The van der Waals surface area contributed by atoms with Gasteiger partial charge in [-0.25, -0.2) is 5.43 Å². The molecule has 2 heterocycles. The lowest BCUT2D eigenvalue weighted by Crippen LogP contribution is -2.44. The van der Waals surface area contributed by atoms with E-state index in [1.54, 1.807) is 11.3 Å². The van der Waals surface area contributed by atoms with Crippen molar-refractivity contribution in [2.45, 2.75) is 12.1 Å². The summed E-state index contributed by atoms with van der Waals surface area (Å²) in [7, 11) is 0. The molecule has 94 valence electrons. The van der Waals surface area contributed by atoms with Gasteiger partial charge in [0.2, 0.25) is 0 Å². The Morgan fingerprint density at radius 2 is 2.11 bits per heavy atom. The highest BCUT2D eigenvalue weighted by atomic mass is 32.1. The zero-order valence-corrected chi connectivity index (χ0v) is 10.5. The van der Waals surface area contributed by atoms with Crippen molar-refractivity contribution >= 4 is 11.3 Å². The fourth-order valence-corrected chi connectivity index (χ4v) is 2.77. The molecule has 3 rings (SSSR count). The summed E-state index contributed by atoms with van der Waals surface area (Å²) < 4.78 is 11.6. The average Bonchev–Trinajstić information content (AvgIpc) is 2.93. The first kappa shape index (κ1) is 11.5. The number of thiophene rings is 1. The first-order chi connectivity index (χ1) is 8.88. The lowest BCUT2D eigenvalue weighted by Gasteiger charge is -2.31. The van der Waals surface area contributed by atoms with Gasteiger partial charge in [-0.1, -0.05) is 12.1 Å². The molecule has 4 nitrogen and oxygen atoms in total. The second-order valence-electron chi connectivity index (χ2n) is 4.12. The van der Waals surface area contributed by atoms with E-state index in [1.807, 2.05) is 35.7 Å². The average molecular weight is 262 g/mol. The van der Waals surface area contributed by atoms with Crippen molar-refractivity contribution in [3.05, 3.63) is 46.7 Å². The minimum absolute atomic E-state index is 0.0652. The van der Waals surface area contributed by atoms with Gasteiger partial charge >= 0.3 is 0 Å². The number of benzene rings is 1. The van der Waals surface area contributed by atoms with Crippen molar-refractivity contribution < 1.29 is 9.47 Å². The van der Waals surface area contributed by atoms with E-state index >= 15 is 0 Å². The van der Waals surface area contributed by atoms with Gasteiger partial charge in [-0.2, -0.15) is 11.3 Å². The molecule has 1 aromatic heterocycles. The van der Waals surface area contributed by atoms with Crippen LogP contribution < -0.4 is 20.7 Å². The molecule has 2 aromatic rings. The zero-order chi connectivity index (χ0) is 12.4. The summed E-state index contributed by atoms with van der Waals surface area (Å²) in [6.45, 7) is 0.488. The van der Waals surface area contributed by atoms with Gasteiger partial charge in [-0.15, -0.1) is 0 Å². The number of nitrogens with one attached hydrogen (secondary N) is 1. The molecule has 0 aliphatic carbocycles. The number of hydrogen-bond acceptors (Lipinski definition) is 5. The Balaban J connectivity index is 1.82. The van der Waals surface area contributed by atoms with E-state index in [9.17, 15) is 0 Å². The van der Waals surface area contributed by atoms with Gasteiger partial charge in [0.1, 0.15) is 6.61 Å². The van der Waals surface area contributed by atoms with Crippen LogP contribution in [0, 0.1) is 0 Å². The van der Waals surface area contributed by atoms with Gasteiger partial charge in [-0.3, -0.25) is 5.84 Å². The quantitative estimate of drug-likeness (QED) is 0.657. The Bertz CT molecular complexity index is 515. The largest absolute Gasteiger partial charge is 0.486 e. The SMILES string of the molecule is NNC(c1ccsc1)C1COc2ccccc2O1. The lowest BCUT2D eigenvalue weighted by atomic mass is 10.1. The molecular weight excluding hydrogens is 248 g/mol. The van der Waals surface area contributed by atoms with Gasteiger partial charge in [-0.05, 0) is 34.5 Å². The van der Waals surface area contributed by atoms with Crippen LogP contribution in [0.5, 0.6) is 11.5 Å². The maximum atomic E-state index is 5.95. The van der Waals surface area contributed by atoms with Crippen molar-refractivity contribution in [1.82, 2.24) is 5.43 Å². The summed E-state index contributed by atoms with van der Waals surface area (Å²) in [6, 6.07) is 9.65. The number of para-hydroxylation sites is 2.